The molecular formula is C19H16ClN5O5. The molecule has 0 bridgehead atoms. The van der Waals surface area contributed by atoms with Gasteiger partial charge in [0.1, 0.15) is 12.1 Å². The van der Waals surface area contributed by atoms with Crippen molar-refractivity contribution in [1.29, 1.82) is 0 Å². The normalized spacial score (nSPS) is 10.2. The van der Waals surface area contributed by atoms with Crippen LogP contribution in [0.15, 0.2) is 48.8 Å². The van der Waals surface area contributed by atoms with Crippen molar-refractivity contribution in [3.05, 3.63) is 69.5 Å². The molecule has 0 unspecified atom stereocenters. The Morgan fingerprint density at radius 1 is 1.07 bits per heavy atom. The topological polar surface area (TPSA) is 129 Å². The zero-order valence-corrected chi connectivity index (χ0v) is 16.6. The van der Waals surface area contributed by atoms with Gasteiger partial charge in [0, 0.05) is 10.7 Å². The van der Waals surface area contributed by atoms with E-state index in [1.54, 1.807) is 30.3 Å². The minimum absolute atomic E-state index is 0.0377. The molecular weight excluding hydrogens is 414 g/mol. The second-order valence-corrected chi connectivity index (χ2v) is 6.28. The van der Waals surface area contributed by atoms with Crippen molar-refractivity contribution in [3.8, 4) is 5.75 Å². The quantitative estimate of drug-likeness (QED) is 0.320. The van der Waals surface area contributed by atoms with Crippen LogP contribution in [-0.2, 0) is 4.74 Å². The van der Waals surface area contributed by atoms with E-state index in [0.29, 0.717) is 27.7 Å². The Balaban J connectivity index is 1.95. The van der Waals surface area contributed by atoms with E-state index in [2.05, 4.69) is 25.3 Å². The van der Waals surface area contributed by atoms with Gasteiger partial charge in [-0.05, 0) is 42.5 Å². The summed E-state index contributed by atoms with van der Waals surface area (Å²) in [6, 6.07) is 11.0. The molecule has 1 aromatic heterocycles. The lowest BCUT2D eigenvalue weighted by Crippen LogP contribution is -2.06. The van der Waals surface area contributed by atoms with Gasteiger partial charge in [-0.2, -0.15) is 0 Å². The van der Waals surface area contributed by atoms with Gasteiger partial charge in [-0.25, -0.2) is 14.8 Å². The number of methoxy groups -OCH3 is 2. The van der Waals surface area contributed by atoms with Gasteiger partial charge in [-0.1, -0.05) is 11.6 Å². The van der Waals surface area contributed by atoms with Crippen LogP contribution in [0.5, 0.6) is 5.75 Å². The number of hydrogen-bond acceptors (Lipinski definition) is 9. The molecule has 154 valence electrons. The van der Waals surface area contributed by atoms with Crippen molar-refractivity contribution >= 4 is 46.3 Å². The third-order valence-electron chi connectivity index (χ3n) is 3.99. The second-order valence-electron chi connectivity index (χ2n) is 5.84. The number of carbonyl (C=O) groups is 1. The van der Waals surface area contributed by atoms with Gasteiger partial charge in [0.05, 0.1) is 30.4 Å². The first-order valence-corrected chi connectivity index (χ1v) is 8.86. The van der Waals surface area contributed by atoms with E-state index in [1.165, 1.54) is 32.7 Å². The van der Waals surface area contributed by atoms with E-state index in [0.717, 1.165) is 0 Å². The van der Waals surface area contributed by atoms with Crippen LogP contribution >= 0.6 is 11.6 Å². The molecule has 0 aliphatic carbocycles. The van der Waals surface area contributed by atoms with Gasteiger partial charge in [0.15, 0.2) is 0 Å². The molecule has 0 amide bonds. The second kappa shape index (κ2) is 9.05. The summed E-state index contributed by atoms with van der Waals surface area (Å²) in [4.78, 5) is 30.7. The Hall–Kier alpha value is -3.92. The number of anilines is 4. The van der Waals surface area contributed by atoms with Gasteiger partial charge in [0.25, 0.3) is 0 Å². The zero-order valence-electron chi connectivity index (χ0n) is 15.9. The highest BCUT2D eigenvalue weighted by Crippen LogP contribution is 2.36. The summed E-state index contributed by atoms with van der Waals surface area (Å²) in [7, 11) is 2.75. The Labute approximate surface area is 176 Å². The molecule has 0 fully saturated rings. The predicted molar refractivity (Wildman–Crippen MR) is 111 cm³/mol. The zero-order chi connectivity index (χ0) is 21.7. The number of halogens is 1. The monoisotopic (exact) mass is 429 g/mol. The van der Waals surface area contributed by atoms with Gasteiger partial charge >= 0.3 is 11.7 Å². The molecule has 10 nitrogen and oxygen atoms in total. The maximum atomic E-state index is 11.8. The highest BCUT2D eigenvalue weighted by atomic mass is 35.5. The van der Waals surface area contributed by atoms with E-state index in [1.807, 2.05) is 0 Å². The lowest BCUT2D eigenvalue weighted by atomic mass is 10.2. The molecule has 2 N–H and O–H groups in total. The van der Waals surface area contributed by atoms with Gasteiger partial charge < -0.3 is 20.1 Å². The molecule has 0 aliphatic heterocycles. The van der Waals surface area contributed by atoms with Crippen LogP contribution in [0.4, 0.5) is 28.7 Å². The van der Waals surface area contributed by atoms with Crippen molar-refractivity contribution in [2.45, 2.75) is 0 Å². The lowest BCUT2D eigenvalue weighted by molar-refractivity contribution is -0.383. The Morgan fingerprint density at radius 2 is 1.73 bits per heavy atom. The molecule has 0 spiro atoms. The van der Waals surface area contributed by atoms with E-state index < -0.39 is 10.9 Å². The summed E-state index contributed by atoms with van der Waals surface area (Å²) in [6.45, 7) is 0. The average molecular weight is 430 g/mol. The van der Waals surface area contributed by atoms with Crippen molar-refractivity contribution in [1.82, 2.24) is 9.97 Å². The number of ether oxygens (including phenoxy) is 2. The summed E-state index contributed by atoms with van der Waals surface area (Å²) >= 11 is 6.02. The van der Waals surface area contributed by atoms with Crippen LogP contribution in [0.25, 0.3) is 0 Å². The first-order chi connectivity index (χ1) is 14.4. The smallest absolute Gasteiger partial charge is 0.353 e. The fraction of sp³-hybridized carbons (Fsp3) is 0.105. The molecule has 0 aliphatic rings. The van der Waals surface area contributed by atoms with Crippen LogP contribution in [0, 0.1) is 10.1 Å². The lowest BCUT2D eigenvalue weighted by Gasteiger charge is -2.13. The molecule has 30 heavy (non-hydrogen) atoms. The predicted octanol–water partition coefficient (Wildman–Crippen LogP) is 4.32. The van der Waals surface area contributed by atoms with E-state index >= 15 is 0 Å². The molecule has 3 rings (SSSR count). The third kappa shape index (κ3) is 4.55. The van der Waals surface area contributed by atoms with Gasteiger partial charge in [-0.3, -0.25) is 10.1 Å². The van der Waals surface area contributed by atoms with E-state index in [9.17, 15) is 14.9 Å². The molecule has 1 heterocycles. The largest absolute Gasteiger partial charge is 0.495 e. The Kier molecular flexibility index (Phi) is 6.28. The minimum atomic E-state index is -0.607. The fourth-order valence-electron chi connectivity index (χ4n) is 2.58. The molecule has 11 heteroatoms. The summed E-state index contributed by atoms with van der Waals surface area (Å²) in [6.07, 6.45) is 1.18. The van der Waals surface area contributed by atoms with Gasteiger partial charge in [0.2, 0.25) is 11.6 Å². The molecule has 3 aromatic rings. The molecule has 0 saturated carbocycles. The number of esters is 1. The Bertz CT molecular complexity index is 1090. The molecule has 0 saturated heterocycles. The number of nitrogens with zero attached hydrogens (tertiary/aromatic N) is 3. The van der Waals surface area contributed by atoms with Crippen molar-refractivity contribution in [2.75, 3.05) is 24.9 Å². The van der Waals surface area contributed by atoms with Crippen LogP contribution in [-0.4, -0.2) is 35.1 Å². The SMILES string of the molecule is COC(=O)c1ccc(Nc2ncnc(Nc3cc(Cl)ccc3OC)c2[N+](=O)[O-])cc1. The maximum absolute atomic E-state index is 11.8. The van der Waals surface area contributed by atoms with Crippen LogP contribution < -0.4 is 15.4 Å². The Morgan fingerprint density at radius 3 is 2.33 bits per heavy atom. The first-order valence-electron chi connectivity index (χ1n) is 8.48. The van der Waals surface area contributed by atoms with Crippen LogP contribution in [0.1, 0.15) is 10.4 Å². The van der Waals surface area contributed by atoms with Crippen molar-refractivity contribution in [3.63, 3.8) is 0 Å². The summed E-state index contributed by atoms with van der Waals surface area (Å²) in [5.74, 6) is -0.148. The van der Waals surface area contributed by atoms with Crippen molar-refractivity contribution in [2.24, 2.45) is 0 Å². The number of nitrogens with one attached hydrogen (secondary N) is 2. The number of nitro groups is 1. The molecule has 0 radical (unpaired) electrons. The number of carbonyl (C=O) groups excluding carboxylic acids is 1. The van der Waals surface area contributed by atoms with Gasteiger partial charge in [-0.15, -0.1) is 0 Å². The number of hydrogen-bond donors (Lipinski definition) is 2. The van der Waals surface area contributed by atoms with Crippen LogP contribution in [0.2, 0.25) is 5.02 Å². The third-order valence-corrected chi connectivity index (χ3v) is 4.22. The average Bonchev–Trinajstić information content (AvgIpc) is 2.74. The first kappa shape index (κ1) is 20.8. The van der Waals surface area contributed by atoms with E-state index in [4.69, 9.17) is 16.3 Å². The summed E-state index contributed by atoms with van der Waals surface area (Å²) < 4.78 is 9.90. The molecule has 0 atom stereocenters. The maximum Gasteiger partial charge on any atom is 0.353 e. The highest BCUT2D eigenvalue weighted by molar-refractivity contribution is 6.31. The van der Waals surface area contributed by atoms with Crippen LogP contribution in [0.3, 0.4) is 0 Å². The number of benzene rings is 2. The number of rotatable bonds is 7. The standard InChI is InChI=1S/C19H16ClN5O5/c1-29-15-8-5-12(20)9-14(15)24-18-16(25(27)28)17(21-10-22-18)23-13-6-3-11(4-7-13)19(26)30-2/h3-10H,1-2H3,(H2,21,22,23,24). The summed E-state index contributed by atoms with van der Waals surface area (Å²) in [5.41, 5.74) is 0.850. The highest BCUT2D eigenvalue weighted by Gasteiger charge is 2.24. The summed E-state index contributed by atoms with van der Waals surface area (Å²) in [5, 5.41) is 17.9. The van der Waals surface area contributed by atoms with Crippen molar-refractivity contribution < 1.29 is 19.2 Å². The van der Waals surface area contributed by atoms with E-state index in [-0.39, 0.29) is 17.3 Å². The minimum Gasteiger partial charge on any atom is -0.495 e. The fourth-order valence-corrected chi connectivity index (χ4v) is 2.76. The molecule has 2 aromatic carbocycles. The number of aromatic nitrogens is 2.